The van der Waals surface area contributed by atoms with Gasteiger partial charge in [0.25, 0.3) is 0 Å². The molecule has 0 bridgehead atoms. The van der Waals surface area contributed by atoms with Crippen molar-refractivity contribution in [2.24, 2.45) is 0 Å². The Kier molecular flexibility index (Phi) is 6.56. The summed E-state index contributed by atoms with van der Waals surface area (Å²) < 4.78 is 28.3. The van der Waals surface area contributed by atoms with E-state index in [9.17, 15) is 18.0 Å². The number of rotatable bonds is 6. The van der Waals surface area contributed by atoms with Crippen LogP contribution in [0.2, 0.25) is 4.34 Å². The first-order chi connectivity index (χ1) is 15.6. The molecule has 1 fully saturated rings. The molecule has 1 aromatic carbocycles. The molecular formula is C22H27ClN4O4S2. The second-order valence-corrected chi connectivity index (χ2v) is 12.1. The van der Waals surface area contributed by atoms with Crippen molar-refractivity contribution in [1.29, 1.82) is 0 Å². The van der Waals surface area contributed by atoms with Crippen LogP contribution in [0.4, 0.5) is 5.69 Å². The number of hydrogen-bond donors (Lipinski definition) is 0. The van der Waals surface area contributed by atoms with E-state index in [4.69, 9.17) is 11.6 Å². The summed E-state index contributed by atoms with van der Waals surface area (Å²) >= 11 is 7.24. The van der Waals surface area contributed by atoms with E-state index in [0.29, 0.717) is 54.2 Å². The maximum absolute atomic E-state index is 13.3. The minimum Gasteiger partial charge on any atom is -0.342 e. The molecule has 1 atom stereocenters. The Morgan fingerprint density at radius 3 is 2.55 bits per heavy atom. The molecule has 4 rings (SSSR count). The fourth-order valence-corrected chi connectivity index (χ4v) is 7.26. The third kappa shape index (κ3) is 4.29. The number of hydrogen-bond acceptors (Lipinski definition) is 6. The first-order valence-corrected chi connectivity index (χ1v) is 13.6. The van der Waals surface area contributed by atoms with Crippen molar-refractivity contribution >= 4 is 50.5 Å². The summed E-state index contributed by atoms with van der Waals surface area (Å²) in [4.78, 5) is 33.2. The highest BCUT2D eigenvalue weighted by Crippen LogP contribution is 2.47. The van der Waals surface area contributed by atoms with Crippen LogP contribution in [0.15, 0.2) is 29.3 Å². The molecule has 1 saturated heterocycles. The molecule has 0 aliphatic carbocycles. The first kappa shape index (κ1) is 24.1. The van der Waals surface area contributed by atoms with Gasteiger partial charge >= 0.3 is 0 Å². The molecule has 8 nitrogen and oxygen atoms in total. The summed E-state index contributed by atoms with van der Waals surface area (Å²) in [6.07, 6.45) is 2.31. The van der Waals surface area contributed by atoms with Gasteiger partial charge in [0.1, 0.15) is 9.34 Å². The van der Waals surface area contributed by atoms with E-state index in [1.807, 2.05) is 13.8 Å². The molecule has 2 aliphatic heterocycles. The maximum Gasteiger partial charge on any atom is 0.243 e. The molecule has 0 saturated carbocycles. The summed E-state index contributed by atoms with van der Waals surface area (Å²) in [6.45, 7) is 7.33. The minimum absolute atomic E-state index is 0.0254. The molecule has 2 aliphatic rings. The van der Waals surface area contributed by atoms with Gasteiger partial charge in [-0.1, -0.05) is 25.4 Å². The van der Waals surface area contributed by atoms with Gasteiger partial charge in [-0.25, -0.2) is 13.4 Å². The SMILES string of the molecule is CCN(CC)S(=O)(=O)c1ccc2c(c1)C1(CCN(C(C)=O)C1)CN2C(=O)Cc1ncc(Cl)s1. The monoisotopic (exact) mass is 510 g/mol. The third-order valence-corrected chi connectivity index (χ3v) is 9.72. The average Bonchev–Trinajstić information content (AvgIpc) is 3.47. The molecule has 178 valence electrons. The van der Waals surface area contributed by atoms with E-state index >= 15 is 0 Å². The van der Waals surface area contributed by atoms with Crippen molar-refractivity contribution < 1.29 is 18.0 Å². The van der Waals surface area contributed by atoms with Gasteiger partial charge in [-0.05, 0) is 30.2 Å². The minimum atomic E-state index is -3.66. The normalized spacial score (nSPS) is 20.2. The Balaban J connectivity index is 1.75. The van der Waals surface area contributed by atoms with Crippen molar-refractivity contribution in [3.8, 4) is 0 Å². The molecule has 0 N–H and O–H groups in total. The van der Waals surface area contributed by atoms with Crippen molar-refractivity contribution in [1.82, 2.24) is 14.2 Å². The molecular weight excluding hydrogens is 484 g/mol. The lowest BCUT2D eigenvalue weighted by atomic mass is 9.81. The highest BCUT2D eigenvalue weighted by molar-refractivity contribution is 7.89. The summed E-state index contributed by atoms with van der Waals surface area (Å²) in [7, 11) is -3.66. The quantitative estimate of drug-likeness (QED) is 0.596. The topological polar surface area (TPSA) is 90.9 Å². The lowest BCUT2D eigenvalue weighted by molar-refractivity contribution is -0.127. The Morgan fingerprint density at radius 2 is 1.97 bits per heavy atom. The van der Waals surface area contributed by atoms with Crippen LogP contribution in [-0.4, -0.2) is 67.1 Å². The maximum atomic E-state index is 13.3. The van der Waals surface area contributed by atoms with Crippen LogP contribution in [0, 0.1) is 0 Å². The second-order valence-electron chi connectivity index (χ2n) is 8.45. The molecule has 0 radical (unpaired) electrons. The van der Waals surface area contributed by atoms with E-state index < -0.39 is 15.4 Å². The Bertz CT molecular complexity index is 1190. The van der Waals surface area contributed by atoms with Crippen molar-refractivity contribution in [2.45, 2.75) is 43.9 Å². The molecule has 1 aromatic heterocycles. The molecule has 1 unspecified atom stereocenters. The number of nitrogens with zero attached hydrogens (tertiary/aromatic N) is 4. The smallest absolute Gasteiger partial charge is 0.243 e. The van der Waals surface area contributed by atoms with Crippen molar-refractivity contribution in [3.05, 3.63) is 39.3 Å². The molecule has 3 heterocycles. The number of aromatic nitrogens is 1. The van der Waals surface area contributed by atoms with E-state index in [-0.39, 0.29) is 23.1 Å². The fraction of sp³-hybridized carbons (Fsp3) is 0.500. The van der Waals surface area contributed by atoms with Crippen LogP contribution in [0.3, 0.4) is 0 Å². The third-order valence-electron chi connectivity index (χ3n) is 6.56. The number of fused-ring (bicyclic) bond motifs is 2. The first-order valence-electron chi connectivity index (χ1n) is 10.9. The predicted octanol–water partition coefficient (Wildman–Crippen LogP) is 2.91. The van der Waals surface area contributed by atoms with E-state index in [1.165, 1.54) is 28.8 Å². The van der Waals surface area contributed by atoms with E-state index in [0.717, 1.165) is 5.56 Å². The van der Waals surface area contributed by atoms with Crippen LogP contribution in [0.25, 0.3) is 0 Å². The van der Waals surface area contributed by atoms with Gasteiger partial charge in [0, 0.05) is 50.7 Å². The van der Waals surface area contributed by atoms with Gasteiger partial charge in [0.15, 0.2) is 0 Å². The van der Waals surface area contributed by atoms with Crippen LogP contribution in [0.1, 0.15) is 37.8 Å². The number of halogens is 1. The number of anilines is 1. The molecule has 2 aromatic rings. The number of benzene rings is 1. The number of likely N-dealkylation sites (tertiary alicyclic amines) is 1. The van der Waals surface area contributed by atoms with Crippen LogP contribution < -0.4 is 4.90 Å². The standard InChI is InChI=1S/C22H27ClN4O4S2/c1-4-26(5-2)33(30,31)16-6-7-18-17(10-16)22(8-9-25(13-22)15(3)28)14-27(18)21(29)11-20-24-12-19(23)32-20/h6-7,10,12H,4-5,8-9,11,13-14H2,1-3H3. The zero-order valence-corrected chi connectivity index (χ0v) is 21.3. The Morgan fingerprint density at radius 1 is 1.24 bits per heavy atom. The van der Waals surface area contributed by atoms with Gasteiger partial charge in [-0.15, -0.1) is 11.3 Å². The molecule has 2 amide bonds. The lowest BCUT2D eigenvalue weighted by Crippen LogP contribution is -2.40. The van der Waals surface area contributed by atoms with E-state index in [2.05, 4.69) is 4.98 Å². The number of carbonyl (C=O) groups is 2. The lowest BCUT2D eigenvalue weighted by Gasteiger charge is -2.26. The molecule has 11 heteroatoms. The van der Waals surface area contributed by atoms with Gasteiger partial charge in [0.2, 0.25) is 21.8 Å². The summed E-state index contributed by atoms with van der Waals surface area (Å²) in [5.41, 5.74) is 1.02. The fourth-order valence-electron chi connectivity index (χ4n) is 4.83. The number of amides is 2. The highest BCUT2D eigenvalue weighted by Gasteiger charge is 2.49. The second kappa shape index (κ2) is 8.98. The number of thiazole rings is 1. The summed E-state index contributed by atoms with van der Waals surface area (Å²) in [6, 6.07) is 5.01. The van der Waals surface area contributed by atoms with Gasteiger partial charge in [-0.2, -0.15) is 4.31 Å². The molecule has 1 spiro atoms. The van der Waals surface area contributed by atoms with Crippen LogP contribution in [-0.2, 0) is 31.4 Å². The zero-order chi connectivity index (χ0) is 24.0. The zero-order valence-electron chi connectivity index (χ0n) is 18.9. The highest BCUT2D eigenvalue weighted by atomic mass is 35.5. The molecule has 33 heavy (non-hydrogen) atoms. The number of carbonyl (C=O) groups excluding carboxylic acids is 2. The summed E-state index contributed by atoms with van der Waals surface area (Å²) in [5.74, 6) is -0.151. The average molecular weight is 511 g/mol. The van der Waals surface area contributed by atoms with Crippen molar-refractivity contribution in [3.63, 3.8) is 0 Å². The van der Waals surface area contributed by atoms with Gasteiger partial charge in [-0.3, -0.25) is 9.59 Å². The van der Waals surface area contributed by atoms with Crippen LogP contribution in [0.5, 0.6) is 0 Å². The van der Waals surface area contributed by atoms with Crippen LogP contribution >= 0.6 is 22.9 Å². The largest absolute Gasteiger partial charge is 0.342 e. The predicted molar refractivity (Wildman–Crippen MR) is 128 cm³/mol. The Labute approximate surface area is 203 Å². The summed E-state index contributed by atoms with van der Waals surface area (Å²) in [5, 5.41) is 0.630. The Hall–Kier alpha value is -2.01. The van der Waals surface area contributed by atoms with Gasteiger partial charge < -0.3 is 9.80 Å². The van der Waals surface area contributed by atoms with Crippen molar-refractivity contribution in [2.75, 3.05) is 37.6 Å². The number of sulfonamides is 1. The van der Waals surface area contributed by atoms with E-state index in [1.54, 1.807) is 28.0 Å². The van der Waals surface area contributed by atoms with Gasteiger partial charge in [0.05, 0.1) is 17.5 Å².